The molecule has 3 rings (SSSR count). The lowest BCUT2D eigenvalue weighted by Gasteiger charge is -2.13. The Morgan fingerprint density at radius 2 is 1.93 bits per heavy atom. The van der Waals surface area contributed by atoms with Crippen molar-refractivity contribution in [2.24, 2.45) is 0 Å². The van der Waals surface area contributed by atoms with Crippen molar-refractivity contribution in [3.8, 4) is 0 Å². The lowest BCUT2D eigenvalue weighted by Crippen LogP contribution is -2.30. The van der Waals surface area contributed by atoms with Crippen LogP contribution in [0.4, 0.5) is 0 Å². The molecule has 0 saturated carbocycles. The molecule has 30 heavy (non-hydrogen) atoms. The Hall–Kier alpha value is -2.96. The summed E-state index contributed by atoms with van der Waals surface area (Å²) in [5, 5.41) is 2.75. The van der Waals surface area contributed by atoms with Crippen molar-refractivity contribution in [1.29, 1.82) is 0 Å². The number of imide groups is 1. The van der Waals surface area contributed by atoms with Crippen LogP contribution in [-0.4, -0.2) is 48.3 Å². The second-order valence-corrected chi connectivity index (χ2v) is 7.66. The minimum absolute atomic E-state index is 0.146. The Kier molecular flexibility index (Phi) is 7.38. The number of carbonyl (C=O) groups is 4. The molecule has 160 valence electrons. The number of carbonyl (C=O) groups excluding carboxylic acids is 4. The fraction of sp³-hybridized carbons (Fsp3) is 0.478. The van der Waals surface area contributed by atoms with Gasteiger partial charge in [0.05, 0.1) is 16.7 Å². The second-order valence-electron chi connectivity index (χ2n) is 7.66. The van der Waals surface area contributed by atoms with Gasteiger partial charge in [0.15, 0.2) is 6.61 Å². The van der Waals surface area contributed by atoms with Crippen LogP contribution in [0.2, 0.25) is 0 Å². The van der Waals surface area contributed by atoms with Gasteiger partial charge in [-0.1, -0.05) is 25.0 Å². The number of hydrogen-bond acceptors (Lipinski definition) is 5. The average Bonchev–Trinajstić information content (AvgIpc) is 3.00. The number of rotatable bonds is 9. The highest BCUT2D eigenvalue weighted by atomic mass is 16.5. The van der Waals surface area contributed by atoms with Crippen molar-refractivity contribution in [1.82, 2.24) is 10.2 Å². The third-order valence-electron chi connectivity index (χ3n) is 5.43. The number of esters is 1. The zero-order valence-corrected chi connectivity index (χ0v) is 17.4. The number of allylic oxidation sites excluding steroid dienone is 1. The van der Waals surface area contributed by atoms with E-state index in [1.807, 2.05) is 6.92 Å². The summed E-state index contributed by atoms with van der Waals surface area (Å²) in [6, 6.07) is 4.29. The lowest BCUT2D eigenvalue weighted by atomic mass is 9.97. The first-order valence-corrected chi connectivity index (χ1v) is 10.6. The Balaban J connectivity index is 1.50. The summed E-state index contributed by atoms with van der Waals surface area (Å²) in [6.45, 7) is 2.48. The lowest BCUT2D eigenvalue weighted by molar-refractivity contribution is -0.124. The standard InChI is InChI=1S/C23H28N2O5/c1-2-3-13-25-21(27)18-10-9-17(14-19(18)22(25)28)23(29)30-15-20(26)24-12-11-16-7-5-4-6-8-16/h7,9-10,14H,2-6,8,11-13,15H2,1H3,(H,24,26). The molecule has 1 N–H and O–H groups in total. The van der Waals surface area contributed by atoms with E-state index in [2.05, 4.69) is 11.4 Å². The summed E-state index contributed by atoms with van der Waals surface area (Å²) in [4.78, 5) is 50.3. The van der Waals surface area contributed by atoms with E-state index in [0.29, 0.717) is 18.7 Å². The number of benzene rings is 1. The van der Waals surface area contributed by atoms with Crippen LogP contribution in [0.3, 0.4) is 0 Å². The number of fused-ring (bicyclic) bond motifs is 1. The monoisotopic (exact) mass is 412 g/mol. The third-order valence-corrected chi connectivity index (χ3v) is 5.43. The van der Waals surface area contributed by atoms with Gasteiger partial charge in [-0.25, -0.2) is 4.79 Å². The van der Waals surface area contributed by atoms with E-state index < -0.39 is 11.9 Å². The molecule has 1 aromatic carbocycles. The molecule has 0 aromatic heterocycles. The predicted octanol–water partition coefficient (Wildman–Crippen LogP) is 3.25. The summed E-state index contributed by atoms with van der Waals surface area (Å²) in [6.07, 6.45) is 9.26. The van der Waals surface area contributed by atoms with Crippen molar-refractivity contribution in [3.05, 3.63) is 46.5 Å². The minimum atomic E-state index is -0.699. The van der Waals surface area contributed by atoms with Crippen LogP contribution in [0, 0.1) is 0 Å². The molecular formula is C23H28N2O5. The molecule has 1 heterocycles. The molecule has 7 heteroatoms. The smallest absolute Gasteiger partial charge is 0.338 e. The maximum Gasteiger partial charge on any atom is 0.338 e. The van der Waals surface area contributed by atoms with Gasteiger partial charge in [-0.3, -0.25) is 19.3 Å². The van der Waals surface area contributed by atoms with Gasteiger partial charge in [0, 0.05) is 13.1 Å². The fourth-order valence-electron chi connectivity index (χ4n) is 3.70. The van der Waals surface area contributed by atoms with Gasteiger partial charge in [-0.05, 0) is 56.7 Å². The number of unbranched alkanes of at least 4 members (excludes halogenated alkanes) is 1. The van der Waals surface area contributed by atoms with E-state index in [1.165, 1.54) is 41.5 Å². The molecule has 0 bridgehead atoms. The summed E-state index contributed by atoms with van der Waals surface area (Å²) < 4.78 is 5.07. The zero-order chi connectivity index (χ0) is 21.5. The van der Waals surface area contributed by atoms with Crippen molar-refractivity contribution in [3.63, 3.8) is 0 Å². The molecule has 1 aliphatic heterocycles. The number of hydrogen-bond donors (Lipinski definition) is 1. The molecule has 0 fully saturated rings. The number of ether oxygens (including phenoxy) is 1. The maximum absolute atomic E-state index is 12.5. The van der Waals surface area contributed by atoms with E-state index in [0.717, 1.165) is 32.1 Å². The maximum atomic E-state index is 12.5. The number of amides is 3. The van der Waals surface area contributed by atoms with Crippen LogP contribution in [0.1, 0.15) is 82.9 Å². The van der Waals surface area contributed by atoms with E-state index in [-0.39, 0.29) is 29.5 Å². The largest absolute Gasteiger partial charge is 0.452 e. The first-order valence-electron chi connectivity index (χ1n) is 10.6. The van der Waals surface area contributed by atoms with Crippen LogP contribution in [-0.2, 0) is 9.53 Å². The van der Waals surface area contributed by atoms with E-state index >= 15 is 0 Å². The quantitative estimate of drug-likeness (QED) is 0.382. The highest BCUT2D eigenvalue weighted by molar-refractivity contribution is 6.21. The van der Waals surface area contributed by atoms with Gasteiger partial charge < -0.3 is 10.1 Å². The van der Waals surface area contributed by atoms with Gasteiger partial charge >= 0.3 is 5.97 Å². The molecular weight excluding hydrogens is 384 g/mol. The molecule has 1 aromatic rings. The van der Waals surface area contributed by atoms with Crippen LogP contribution in [0.5, 0.6) is 0 Å². The van der Waals surface area contributed by atoms with E-state index in [1.54, 1.807) is 0 Å². The molecule has 0 radical (unpaired) electrons. The van der Waals surface area contributed by atoms with Gasteiger partial charge in [0.2, 0.25) is 0 Å². The Bertz CT molecular complexity index is 874. The van der Waals surface area contributed by atoms with Gasteiger partial charge in [-0.2, -0.15) is 0 Å². The normalized spacial score (nSPS) is 15.6. The van der Waals surface area contributed by atoms with Crippen LogP contribution in [0.25, 0.3) is 0 Å². The molecule has 1 aliphatic carbocycles. The molecule has 0 saturated heterocycles. The Morgan fingerprint density at radius 1 is 1.13 bits per heavy atom. The summed E-state index contributed by atoms with van der Waals surface area (Å²) in [5.74, 6) is -1.79. The Labute approximate surface area is 176 Å². The van der Waals surface area contributed by atoms with E-state index in [9.17, 15) is 19.2 Å². The third kappa shape index (κ3) is 5.14. The van der Waals surface area contributed by atoms with Crippen molar-refractivity contribution in [2.75, 3.05) is 19.7 Å². The van der Waals surface area contributed by atoms with Gasteiger partial charge in [0.25, 0.3) is 17.7 Å². The summed E-state index contributed by atoms with van der Waals surface area (Å²) >= 11 is 0. The topological polar surface area (TPSA) is 92.8 Å². The molecule has 2 aliphatic rings. The van der Waals surface area contributed by atoms with Crippen molar-refractivity contribution < 1.29 is 23.9 Å². The second kappa shape index (κ2) is 10.2. The molecule has 0 atom stereocenters. The highest BCUT2D eigenvalue weighted by Gasteiger charge is 2.35. The first kappa shape index (κ1) is 21.7. The molecule has 3 amide bonds. The van der Waals surface area contributed by atoms with Crippen LogP contribution < -0.4 is 5.32 Å². The highest BCUT2D eigenvalue weighted by Crippen LogP contribution is 2.25. The SMILES string of the molecule is CCCCN1C(=O)c2ccc(C(=O)OCC(=O)NCCC3=CCCCC3)cc2C1=O. The van der Waals surface area contributed by atoms with Crippen LogP contribution in [0.15, 0.2) is 29.8 Å². The van der Waals surface area contributed by atoms with Gasteiger partial charge in [-0.15, -0.1) is 0 Å². The van der Waals surface area contributed by atoms with E-state index in [4.69, 9.17) is 4.74 Å². The predicted molar refractivity (Wildman–Crippen MR) is 111 cm³/mol. The van der Waals surface area contributed by atoms with Crippen LogP contribution >= 0.6 is 0 Å². The Morgan fingerprint density at radius 3 is 2.67 bits per heavy atom. The zero-order valence-electron chi connectivity index (χ0n) is 17.4. The number of nitrogens with zero attached hydrogens (tertiary/aromatic N) is 1. The minimum Gasteiger partial charge on any atom is -0.452 e. The van der Waals surface area contributed by atoms with Crippen molar-refractivity contribution in [2.45, 2.75) is 51.9 Å². The summed E-state index contributed by atoms with van der Waals surface area (Å²) in [5.41, 5.74) is 2.01. The molecule has 7 nitrogen and oxygen atoms in total. The average molecular weight is 412 g/mol. The summed E-state index contributed by atoms with van der Waals surface area (Å²) in [7, 11) is 0. The van der Waals surface area contributed by atoms with Gasteiger partial charge in [0.1, 0.15) is 0 Å². The first-order chi connectivity index (χ1) is 14.5. The molecule has 0 unspecified atom stereocenters. The fourth-order valence-corrected chi connectivity index (χ4v) is 3.70. The molecule has 0 spiro atoms. The van der Waals surface area contributed by atoms with Crippen molar-refractivity contribution >= 4 is 23.7 Å². The number of nitrogens with one attached hydrogen (secondary N) is 1.